The van der Waals surface area contributed by atoms with Gasteiger partial charge in [0, 0.05) is 36.9 Å². The highest BCUT2D eigenvalue weighted by Gasteiger charge is 2.36. The van der Waals surface area contributed by atoms with Crippen LogP contribution >= 0.6 is 0 Å². The second kappa shape index (κ2) is 6.27. The van der Waals surface area contributed by atoms with Gasteiger partial charge in [0.05, 0.1) is 6.20 Å². The molecule has 20 heavy (non-hydrogen) atoms. The van der Waals surface area contributed by atoms with Crippen LogP contribution in [0.4, 0.5) is 0 Å². The third-order valence-corrected chi connectivity index (χ3v) is 5.12. The molecule has 0 spiro atoms. The van der Waals surface area contributed by atoms with E-state index in [1.165, 1.54) is 36.9 Å². The molecular formula is C16H30N4. The van der Waals surface area contributed by atoms with Crippen LogP contribution in [0.1, 0.15) is 43.9 Å². The molecule has 0 bridgehead atoms. The first-order chi connectivity index (χ1) is 9.44. The Labute approximate surface area is 123 Å². The zero-order chi connectivity index (χ0) is 14.8. The first-order valence-corrected chi connectivity index (χ1v) is 7.80. The molecule has 0 aliphatic heterocycles. The van der Waals surface area contributed by atoms with Gasteiger partial charge in [0.1, 0.15) is 0 Å². The number of rotatable bonds is 5. The summed E-state index contributed by atoms with van der Waals surface area (Å²) >= 11 is 0. The van der Waals surface area contributed by atoms with E-state index in [1.54, 1.807) is 0 Å². The highest BCUT2D eigenvalue weighted by atomic mass is 15.3. The van der Waals surface area contributed by atoms with Crippen molar-refractivity contribution in [3.63, 3.8) is 0 Å². The van der Waals surface area contributed by atoms with Crippen LogP contribution in [-0.4, -0.2) is 40.9 Å². The number of likely N-dealkylation sites (N-methyl/N-ethyl adjacent to an activating group) is 1. The van der Waals surface area contributed by atoms with Crippen LogP contribution in [0.25, 0.3) is 0 Å². The molecule has 0 radical (unpaired) electrons. The van der Waals surface area contributed by atoms with Crippen LogP contribution in [0.5, 0.6) is 0 Å². The van der Waals surface area contributed by atoms with Crippen molar-refractivity contribution in [1.82, 2.24) is 20.0 Å². The molecule has 1 aromatic rings. The Morgan fingerprint density at radius 1 is 1.50 bits per heavy atom. The van der Waals surface area contributed by atoms with Crippen molar-refractivity contribution in [2.24, 2.45) is 13.0 Å². The fourth-order valence-corrected chi connectivity index (χ4v) is 3.50. The lowest BCUT2D eigenvalue weighted by Crippen LogP contribution is -2.54. The van der Waals surface area contributed by atoms with Crippen molar-refractivity contribution >= 4 is 0 Å². The van der Waals surface area contributed by atoms with Crippen molar-refractivity contribution in [2.75, 3.05) is 20.6 Å². The van der Waals surface area contributed by atoms with Gasteiger partial charge in [0.25, 0.3) is 0 Å². The average Bonchev–Trinajstić information content (AvgIpc) is 2.70. The van der Waals surface area contributed by atoms with E-state index in [9.17, 15) is 0 Å². The molecular weight excluding hydrogens is 248 g/mol. The standard InChI is InChI=1S/C16H30N4/c1-13-7-6-8-16(9-13,19(3)4)12-17-10-15-11-18-20(5)14(15)2/h11,13,17H,6-10,12H2,1-5H3. The summed E-state index contributed by atoms with van der Waals surface area (Å²) in [5.41, 5.74) is 2.90. The number of hydrogen-bond acceptors (Lipinski definition) is 3. The SMILES string of the molecule is Cc1c(CNCC2(N(C)C)CCCC(C)C2)cnn1C. The zero-order valence-electron chi connectivity index (χ0n) is 13.7. The summed E-state index contributed by atoms with van der Waals surface area (Å²) in [5.74, 6) is 0.841. The highest BCUT2D eigenvalue weighted by Crippen LogP contribution is 2.35. The third kappa shape index (κ3) is 3.23. The van der Waals surface area contributed by atoms with Crippen LogP contribution in [0.2, 0.25) is 0 Å². The van der Waals surface area contributed by atoms with Crippen molar-refractivity contribution in [1.29, 1.82) is 0 Å². The van der Waals surface area contributed by atoms with E-state index in [1.807, 2.05) is 17.9 Å². The van der Waals surface area contributed by atoms with E-state index in [4.69, 9.17) is 0 Å². The van der Waals surface area contributed by atoms with E-state index < -0.39 is 0 Å². The quantitative estimate of drug-likeness (QED) is 0.897. The van der Waals surface area contributed by atoms with Gasteiger partial charge >= 0.3 is 0 Å². The number of nitrogens with one attached hydrogen (secondary N) is 1. The van der Waals surface area contributed by atoms with E-state index in [0.717, 1.165) is 19.0 Å². The molecule has 114 valence electrons. The zero-order valence-corrected chi connectivity index (χ0v) is 13.7. The molecule has 1 N–H and O–H groups in total. The smallest absolute Gasteiger partial charge is 0.0537 e. The number of nitrogens with zero attached hydrogens (tertiary/aromatic N) is 3. The Balaban J connectivity index is 1.94. The van der Waals surface area contributed by atoms with Crippen LogP contribution in [0, 0.1) is 12.8 Å². The number of aromatic nitrogens is 2. The van der Waals surface area contributed by atoms with Crippen LogP contribution < -0.4 is 5.32 Å². The van der Waals surface area contributed by atoms with Gasteiger partial charge in [0.15, 0.2) is 0 Å². The van der Waals surface area contributed by atoms with Gasteiger partial charge < -0.3 is 10.2 Å². The van der Waals surface area contributed by atoms with Gasteiger partial charge in [0.2, 0.25) is 0 Å². The van der Waals surface area contributed by atoms with Crippen molar-refractivity contribution in [3.8, 4) is 0 Å². The minimum atomic E-state index is 0.327. The van der Waals surface area contributed by atoms with Gasteiger partial charge in [-0.25, -0.2) is 0 Å². The molecule has 4 nitrogen and oxygen atoms in total. The van der Waals surface area contributed by atoms with E-state index >= 15 is 0 Å². The molecule has 0 aromatic carbocycles. The van der Waals surface area contributed by atoms with Crippen LogP contribution in [-0.2, 0) is 13.6 Å². The predicted molar refractivity (Wildman–Crippen MR) is 83.7 cm³/mol. The molecule has 0 amide bonds. The molecule has 1 aliphatic rings. The predicted octanol–water partition coefficient (Wildman–Crippen LogP) is 2.33. The first kappa shape index (κ1) is 15.5. The lowest BCUT2D eigenvalue weighted by Gasteiger charge is -2.45. The van der Waals surface area contributed by atoms with Crippen molar-refractivity contribution in [2.45, 2.75) is 51.6 Å². The Bertz CT molecular complexity index is 438. The second-order valence-electron chi connectivity index (χ2n) is 6.80. The minimum absolute atomic E-state index is 0.327. The fraction of sp³-hybridized carbons (Fsp3) is 0.812. The number of aryl methyl sites for hydroxylation is 1. The van der Waals surface area contributed by atoms with E-state index in [0.29, 0.717) is 5.54 Å². The fourth-order valence-electron chi connectivity index (χ4n) is 3.50. The summed E-state index contributed by atoms with van der Waals surface area (Å²) in [5, 5.41) is 7.99. The summed E-state index contributed by atoms with van der Waals surface area (Å²) in [6, 6.07) is 0. The molecule has 1 fully saturated rings. The summed E-state index contributed by atoms with van der Waals surface area (Å²) in [6.45, 7) is 6.51. The Hall–Kier alpha value is -0.870. The van der Waals surface area contributed by atoms with Crippen LogP contribution in [0.3, 0.4) is 0 Å². The maximum absolute atomic E-state index is 4.31. The van der Waals surface area contributed by atoms with Crippen LogP contribution in [0.15, 0.2) is 6.20 Å². The monoisotopic (exact) mass is 278 g/mol. The lowest BCUT2D eigenvalue weighted by atomic mass is 9.75. The molecule has 2 rings (SSSR count). The highest BCUT2D eigenvalue weighted by molar-refractivity contribution is 5.15. The summed E-state index contributed by atoms with van der Waals surface area (Å²) < 4.78 is 1.95. The van der Waals surface area contributed by atoms with Gasteiger partial charge in [-0.2, -0.15) is 5.10 Å². The largest absolute Gasteiger partial charge is 0.311 e. The van der Waals surface area contributed by atoms with Gasteiger partial charge in [-0.05, 0) is 39.8 Å². The minimum Gasteiger partial charge on any atom is -0.311 e. The van der Waals surface area contributed by atoms with Crippen molar-refractivity contribution in [3.05, 3.63) is 17.5 Å². The maximum Gasteiger partial charge on any atom is 0.0537 e. The molecule has 0 saturated heterocycles. The summed E-state index contributed by atoms with van der Waals surface area (Å²) in [7, 11) is 6.47. The van der Waals surface area contributed by atoms with E-state index in [2.05, 4.69) is 43.3 Å². The number of hydrogen-bond donors (Lipinski definition) is 1. The molecule has 1 aliphatic carbocycles. The van der Waals surface area contributed by atoms with Gasteiger partial charge in [-0.3, -0.25) is 4.68 Å². The molecule has 1 saturated carbocycles. The normalized spacial score (nSPS) is 27.2. The maximum atomic E-state index is 4.31. The average molecular weight is 278 g/mol. The lowest BCUT2D eigenvalue weighted by molar-refractivity contribution is 0.0749. The van der Waals surface area contributed by atoms with Crippen molar-refractivity contribution < 1.29 is 0 Å². The topological polar surface area (TPSA) is 33.1 Å². The molecule has 1 heterocycles. The Morgan fingerprint density at radius 2 is 2.25 bits per heavy atom. The summed E-state index contributed by atoms with van der Waals surface area (Å²) in [6.07, 6.45) is 7.33. The molecule has 4 heteroatoms. The second-order valence-corrected chi connectivity index (χ2v) is 6.80. The Kier molecular flexibility index (Phi) is 4.86. The van der Waals surface area contributed by atoms with E-state index in [-0.39, 0.29) is 0 Å². The third-order valence-electron chi connectivity index (χ3n) is 5.12. The first-order valence-electron chi connectivity index (χ1n) is 7.80. The summed E-state index contributed by atoms with van der Waals surface area (Å²) in [4.78, 5) is 2.44. The Morgan fingerprint density at radius 3 is 2.80 bits per heavy atom. The molecule has 1 aromatic heterocycles. The van der Waals surface area contributed by atoms with Gasteiger partial charge in [-0.1, -0.05) is 19.8 Å². The molecule has 2 atom stereocenters. The van der Waals surface area contributed by atoms with Gasteiger partial charge in [-0.15, -0.1) is 0 Å². The molecule has 2 unspecified atom stereocenters.